The minimum absolute atomic E-state index is 0.0623. The van der Waals surface area contributed by atoms with Gasteiger partial charge in [0, 0.05) is 6.08 Å². The van der Waals surface area contributed by atoms with Crippen molar-refractivity contribution in [3.63, 3.8) is 0 Å². The number of hydrogen-bond donors (Lipinski definition) is 2. The molecule has 0 aliphatic carbocycles. The lowest BCUT2D eigenvalue weighted by Crippen LogP contribution is -2.25. The van der Waals surface area contributed by atoms with Crippen LogP contribution in [0.25, 0.3) is 0 Å². The molecule has 0 aliphatic rings. The fourth-order valence-corrected chi connectivity index (χ4v) is 1.01. The van der Waals surface area contributed by atoms with Gasteiger partial charge in [0.1, 0.15) is 0 Å². The number of aliphatic hydroxyl groups is 1. The van der Waals surface area contributed by atoms with E-state index in [2.05, 4.69) is 4.74 Å². The minimum atomic E-state index is -0.773. The van der Waals surface area contributed by atoms with Crippen molar-refractivity contribution in [3.05, 3.63) is 12.2 Å². The first-order chi connectivity index (χ1) is 6.97. The van der Waals surface area contributed by atoms with Crippen LogP contribution in [0.2, 0.25) is 0 Å². The molecule has 0 saturated carbocycles. The summed E-state index contributed by atoms with van der Waals surface area (Å²) in [5.41, 5.74) is 4.94. The van der Waals surface area contributed by atoms with Crippen molar-refractivity contribution >= 4 is 11.9 Å². The quantitative estimate of drug-likeness (QED) is 0.481. The van der Waals surface area contributed by atoms with E-state index in [1.54, 1.807) is 13.0 Å². The fourth-order valence-electron chi connectivity index (χ4n) is 1.01. The molecule has 5 heteroatoms. The molecule has 2 atom stereocenters. The molecule has 0 bridgehead atoms. The van der Waals surface area contributed by atoms with Gasteiger partial charge in [0.2, 0.25) is 5.91 Å². The molecule has 0 aromatic heterocycles. The maximum absolute atomic E-state index is 10.7. The molecule has 1 amide bonds. The predicted molar refractivity (Wildman–Crippen MR) is 54.8 cm³/mol. The van der Waals surface area contributed by atoms with Crippen LogP contribution in [0.3, 0.4) is 0 Å². The lowest BCUT2D eigenvalue weighted by molar-refractivity contribution is -0.134. The first kappa shape index (κ1) is 13.6. The maximum Gasteiger partial charge on any atom is 0.330 e. The van der Waals surface area contributed by atoms with Crippen molar-refractivity contribution in [3.8, 4) is 0 Å². The van der Waals surface area contributed by atoms with E-state index in [0.29, 0.717) is 6.42 Å². The van der Waals surface area contributed by atoms with Crippen LogP contribution >= 0.6 is 0 Å². The van der Waals surface area contributed by atoms with Crippen molar-refractivity contribution in [2.75, 3.05) is 7.11 Å². The SMILES string of the molecule is COC(=O)/C=C/C[C@@H](C)[C@@H](O)CC(N)=O. The summed E-state index contributed by atoms with van der Waals surface area (Å²) in [5, 5.41) is 9.46. The summed E-state index contributed by atoms with van der Waals surface area (Å²) < 4.78 is 4.39. The molecule has 0 unspecified atom stereocenters. The number of rotatable bonds is 6. The molecule has 0 aromatic carbocycles. The van der Waals surface area contributed by atoms with Crippen LogP contribution in [0.15, 0.2) is 12.2 Å². The van der Waals surface area contributed by atoms with Crippen LogP contribution < -0.4 is 5.73 Å². The Kier molecular flexibility index (Phi) is 6.37. The lowest BCUT2D eigenvalue weighted by Gasteiger charge is -2.15. The van der Waals surface area contributed by atoms with Gasteiger partial charge in [-0.2, -0.15) is 0 Å². The van der Waals surface area contributed by atoms with Crippen LogP contribution in [-0.4, -0.2) is 30.2 Å². The highest BCUT2D eigenvalue weighted by atomic mass is 16.5. The molecule has 15 heavy (non-hydrogen) atoms. The van der Waals surface area contributed by atoms with E-state index in [1.807, 2.05) is 0 Å². The van der Waals surface area contributed by atoms with Gasteiger partial charge >= 0.3 is 5.97 Å². The number of carbonyl (C=O) groups is 2. The zero-order chi connectivity index (χ0) is 11.8. The summed E-state index contributed by atoms with van der Waals surface area (Å²) in [4.78, 5) is 21.2. The molecule has 86 valence electrons. The molecule has 5 nitrogen and oxygen atoms in total. The zero-order valence-corrected chi connectivity index (χ0v) is 8.97. The zero-order valence-electron chi connectivity index (χ0n) is 8.97. The standard InChI is InChI=1S/C10H17NO4/c1-7(8(12)6-9(11)13)4-3-5-10(14)15-2/h3,5,7-8,12H,4,6H2,1-2H3,(H2,11,13)/b5-3+/t7-,8+/m1/s1. The van der Waals surface area contributed by atoms with E-state index in [1.165, 1.54) is 13.2 Å². The Labute approximate surface area is 88.9 Å². The molecule has 0 rings (SSSR count). The number of hydrogen-bond acceptors (Lipinski definition) is 4. The number of nitrogens with two attached hydrogens (primary N) is 1. The first-order valence-electron chi connectivity index (χ1n) is 4.68. The predicted octanol–water partition coefficient (Wildman–Crippen LogP) is -0.0219. The van der Waals surface area contributed by atoms with Crippen molar-refractivity contribution in [2.24, 2.45) is 11.7 Å². The second-order valence-electron chi connectivity index (χ2n) is 3.38. The Morgan fingerprint density at radius 1 is 1.53 bits per heavy atom. The number of ether oxygens (including phenoxy) is 1. The molecule has 3 N–H and O–H groups in total. The number of aliphatic hydroxyl groups excluding tert-OH is 1. The summed E-state index contributed by atoms with van der Waals surface area (Å²) in [6.45, 7) is 1.77. The molecular formula is C10H17NO4. The number of amides is 1. The van der Waals surface area contributed by atoms with Crippen LogP contribution in [0, 0.1) is 5.92 Å². The molecule has 0 heterocycles. The summed E-state index contributed by atoms with van der Waals surface area (Å²) in [7, 11) is 1.29. The van der Waals surface area contributed by atoms with Gasteiger partial charge in [-0.1, -0.05) is 13.0 Å². The average molecular weight is 215 g/mol. The number of methoxy groups -OCH3 is 1. The lowest BCUT2D eigenvalue weighted by atomic mass is 9.98. The molecule has 0 radical (unpaired) electrons. The smallest absolute Gasteiger partial charge is 0.330 e. The third-order valence-corrected chi connectivity index (χ3v) is 2.03. The highest BCUT2D eigenvalue weighted by molar-refractivity contribution is 5.81. The maximum atomic E-state index is 10.7. The van der Waals surface area contributed by atoms with Gasteiger partial charge in [-0.25, -0.2) is 4.79 Å². The Morgan fingerprint density at radius 2 is 2.13 bits per heavy atom. The van der Waals surface area contributed by atoms with E-state index in [0.717, 1.165) is 0 Å². The van der Waals surface area contributed by atoms with Gasteiger partial charge in [0.25, 0.3) is 0 Å². The summed E-state index contributed by atoms with van der Waals surface area (Å²) in [6, 6.07) is 0. The molecule has 0 aromatic rings. The van der Waals surface area contributed by atoms with Crippen molar-refractivity contribution in [2.45, 2.75) is 25.9 Å². The Bertz CT molecular complexity index is 250. The Balaban J connectivity index is 3.92. The number of allylic oxidation sites excluding steroid dienone is 1. The summed E-state index contributed by atoms with van der Waals surface area (Å²) in [6.07, 6.45) is 2.54. The van der Waals surface area contributed by atoms with Crippen LogP contribution in [0.4, 0.5) is 0 Å². The van der Waals surface area contributed by atoms with Gasteiger partial charge in [-0.3, -0.25) is 4.79 Å². The van der Waals surface area contributed by atoms with E-state index in [-0.39, 0.29) is 12.3 Å². The highest BCUT2D eigenvalue weighted by Gasteiger charge is 2.15. The Morgan fingerprint density at radius 3 is 2.60 bits per heavy atom. The van der Waals surface area contributed by atoms with E-state index in [4.69, 9.17) is 5.73 Å². The Hall–Kier alpha value is -1.36. The van der Waals surface area contributed by atoms with E-state index in [9.17, 15) is 14.7 Å². The van der Waals surface area contributed by atoms with Gasteiger partial charge in [-0.15, -0.1) is 0 Å². The number of esters is 1. The number of primary amides is 1. The van der Waals surface area contributed by atoms with E-state index < -0.39 is 18.0 Å². The molecule has 0 fully saturated rings. The third kappa shape index (κ3) is 6.68. The summed E-state index contributed by atoms with van der Waals surface area (Å²) >= 11 is 0. The monoisotopic (exact) mass is 215 g/mol. The van der Waals surface area contributed by atoms with Crippen LogP contribution in [0.5, 0.6) is 0 Å². The minimum Gasteiger partial charge on any atom is -0.466 e. The second kappa shape index (κ2) is 7.00. The third-order valence-electron chi connectivity index (χ3n) is 2.03. The van der Waals surface area contributed by atoms with Gasteiger partial charge < -0.3 is 15.6 Å². The van der Waals surface area contributed by atoms with Crippen LogP contribution in [0.1, 0.15) is 19.8 Å². The van der Waals surface area contributed by atoms with Crippen LogP contribution in [-0.2, 0) is 14.3 Å². The largest absolute Gasteiger partial charge is 0.466 e. The first-order valence-corrected chi connectivity index (χ1v) is 4.68. The van der Waals surface area contributed by atoms with Gasteiger partial charge in [-0.05, 0) is 12.3 Å². The summed E-state index contributed by atoms with van der Waals surface area (Å²) in [5.74, 6) is -1.10. The molecule has 0 saturated heterocycles. The van der Waals surface area contributed by atoms with Crippen molar-refractivity contribution in [1.82, 2.24) is 0 Å². The van der Waals surface area contributed by atoms with E-state index >= 15 is 0 Å². The van der Waals surface area contributed by atoms with Crippen molar-refractivity contribution < 1.29 is 19.4 Å². The van der Waals surface area contributed by atoms with Gasteiger partial charge in [0.05, 0.1) is 19.6 Å². The average Bonchev–Trinajstić information content (AvgIpc) is 2.16. The van der Waals surface area contributed by atoms with Gasteiger partial charge in [0.15, 0.2) is 0 Å². The second-order valence-corrected chi connectivity index (χ2v) is 3.38. The fraction of sp³-hybridized carbons (Fsp3) is 0.600. The molecule has 0 aliphatic heterocycles. The molecular weight excluding hydrogens is 198 g/mol. The highest BCUT2D eigenvalue weighted by Crippen LogP contribution is 2.11. The normalized spacial score (nSPS) is 14.9. The molecule has 0 spiro atoms. The topological polar surface area (TPSA) is 89.6 Å². The number of carbonyl (C=O) groups excluding carboxylic acids is 2. The van der Waals surface area contributed by atoms with Crippen molar-refractivity contribution in [1.29, 1.82) is 0 Å².